The maximum Gasteiger partial charge on any atom is 0.211 e. The van der Waals surface area contributed by atoms with Gasteiger partial charge < -0.3 is 5.32 Å². The first-order valence-electron chi connectivity index (χ1n) is 5.49. The van der Waals surface area contributed by atoms with Crippen LogP contribution in [-0.4, -0.2) is 34.3 Å². The van der Waals surface area contributed by atoms with Crippen LogP contribution in [-0.2, 0) is 10.0 Å². The third kappa shape index (κ3) is 4.49. The standard InChI is InChI=1S/C10H22N2O2S/c1-10(2)7-9(10)8-12-15(13,14)6-4-5-11-3/h9,11-12H,4-8H2,1-3H3. The molecule has 0 aromatic rings. The van der Waals surface area contributed by atoms with Gasteiger partial charge in [0.25, 0.3) is 0 Å². The average Bonchev–Trinajstić information content (AvgIpc) is 2.71. The van der Waals surface area contributed by atoms with Crippen molar-refractivity contribution in [1.82, 2.24) is 10.0 Å². The van der Waals surface area contributed by atoms with Crippen LogP contribution in [0, 0.1) is 11.3 Å². The van der Waals surface area contributed by atoms with E-state index < -0.39 is 10.0 Å². The molecule has 2 N–H and O–H groups in total. The molecule has 0 saturated heterocycles. The zero-order valence-electron chi connectivity index (χ0n) is 9.84. The minimum atomic E-state index is -3.05. The zero-order valence-corrected chi connectivity index (χ0v) is 10.7. The molecule has 0 amide bonds. The van der Waals surface area contributed by atoms with Gasteiger partial charge in [0, 0.05) is 6.54 Å². The van der Waals surface area contributed by atoms with Gasteiger partial charge in [-0.25, -0.2) is 13.1 Å². The highest BCUT2D eigenvalue weighted by Crippen LogP contribution is 2.51. The number of rotatable bonds is 7. The van der Waals surface area contributed by atoms with Gasteiger partial charge in [0.15, 0.2) is 0 Å². The Bertz CT molecular complexity index is 299. The molecule has 1 aliphatic rings. The largest absolute Gasteiger partial charge is 0.320 e. The average molecular weight is 234 g/mol. The van der Waals surface area contributed by atoms with Crippen molar-refractivity contribution >= 4 is 10.0 Å². The molecule has 5 heteroatoms. The Morgan fingerprint density at radius 2 is 2.00 bits per heavy atom. The minimum Gasteiger partial charge on any atom is -0.320 e. The van der Waals surface area contributed by atoms with E-state index in [-0.39, 0.29) is 5.75 Å². The number of hydrogen-bond donors (Lipinski definition) is 2. The molecule has 1 rings (SSSR count). The van der Waals surface area contributed by atoms with Gasteiger partial charge in [-0.1, -0.05) is 13.8 Å². The fourth-order valence-corrected chi connectivity index (χ4v) is 2.79. The molecule has 0 spiro atoms. The van der Waals surface area contributed by atoms with Crippen molar-refractivity contribution in [2.75, 3.05) is 25.9 Å². The Morgan fingerprint density at radius 3 is 2.47 bits per heavy atom. The van der Waals surface area contributed by atoms with E-state index in [1.807, 2.05) is 7.05 Å². The molecular weight excluding hydrogens is 212 g/mol. The molecule has 0 aliphatic heterocycles. The van der Waals surface area contributed by atoms with Gasteiger partial charge >= 0.3 is 0 Å². The zero-order chi connectivity index (χ0) is 11.5. The van der Waals surface area contributed by atoms with Gasteiger partial charge in [-0.2, -0.15) is 0 Å². The summed E-state index contributed by atoms with van der Waals surface area (Å²) in [5.41, 5.74) is 0.341. The van der Waals surface area contributed by atoms with Gasteiger partial charge in [0.2, 0.25) is 10.0 Å². The van der Waals surface area contributed by atoms with Crippen LogP contribution >= 0.6 is 0 Å². The predicted molar refractivity (Wildman–Crippen MR) is 62.2 cm³/mol. The Balaban J connectivity index is 2.19. The molecule has 0 bridgehead atoms. The summed E-state index contributed by atoms with van der Waals surface area (Å²) in [6.07, 6.45) is 1.80. The Morgan fingerprint density at radius 1 is 1.40 bits per heavy atom. The van der Waals surface area contributed by atoms with E-state index in [0.717, 1.165) is 13.0 Å². The first kappa shape index (κ1) is 12.9. The van der Waals surface area contributed by atoms with Crippen molar-refractivity contribution < 1.29 is 8.42 Å². The lowest BCUT2D eigenvalue weighted by Gasteiger charge is -2.07. The Kier molecular flexibility index (Phi) is 4.14. The van der Waals surface area contributed by atoms with E-state index in [9.17, 15) is 8.42 Å². The number of sulfonamides is 1. The second-order valence-corrected chi connectivity index (χ2v) is 6.94. The lowest BCUT2D eigenvalue weighted by molar-refractivity contribution is 0.536. The quantitative estimate of drug-likeness (QED) is 0.633. The van der Waals surface area contributed by atoms with E-state index in [2.05, 4.69) is 23.9 Å². The van der Waals surface area contributed by atoms with E-state index in [4.69, 9.17) is 0 Å². The minimum absolute atomic E-state index is 0.223. The summed E-state index contributed by atoms with van der Waals surface area (Å²) in [5, 5.41) is 2.94. The highest BCUT2D eigenvalue weighted by Gasteiger charge is 2.45. The van der Waals surface area contributed by atoms with Gasteiger partial charge in [-0.3, -0.25) is 0 Å². The van der Waals surface area contributed by atoms with Crippen LogP contribution in [0.5, 0.6) is 0 Å². The molecule has 0 radical (unpaired) electrons. The van der Waals surface area contributed by atoms with E-state index in [1.54, 1.807) is 0 Å². The smallest absolute Gasteiger partial charge is 0.211 e. The molecular formula is C10H22N2O2S. The molecule has 15 heavy (non-hydrogen) atoms. The van der Waals surface area contributed by atoms with Crippen LogP contribution in [0.15, 0.2) is 0 Å². The van der Waals surface area contributed by atoms with Crippen LogP contribution in [0.2, 0.25) is 0 Å². The molecule has 1 atom stereocenters. The molecule has 90 valence electrons. The molecule has 1 saturated carbocycles. The van der Waals surface area contributed by atoms with Gasteiger partial charge in [-0.05, 0) is 37.8 Å². The van der Waals surface area contributed by atoms with Gasteiger partial charge in [-0.15, -0.1) is 0 Å². The number of hydrogen-bond acceptors (Lipinski definition) is 3. The topological polar surface area (TPSA) is 58.2 Å². The first-order valence-corrected chi connectivity index (χ1v) is 7.14. The lowest BCUT2D eigenvalue weighted by Crippen LogP contribution is -2.30. The van der Waals surface area contributed by atoms with Crippen LogP contribution in [0.1, 0.15) is 26.7 Å². The summed E-state index contributed by atoms with van der Waals surface area (Å²) in [6, 6.07) is 0. The van der Waals surface area contributed by atoms with Crippen molar-refractivity contribution in [2.45, 2.75) is 26.7 Å². The number of nitrogens with one attached hydrogen (secondary N) is 2. The summed E-state index contributed by atoms with van der Waals surface area (Å²) >= 11 is 0. The SMILES string of the molecule is CNCCCS(=O)(=O)NCC1CC1(C)C. The highest BCUT2D eigenvalue weighted by atomic mass is 32.2. The van der Waals surface area contributed by atoms with Crippen molar-refractivity contribution in [2.24, 2.45) is 11.3 Å². The molecule has 1 aliphatic carbocycles. The molecule has 1 unspecified atom stereocenters. The van der Waals surface area contributed by atoms with Gasteiger partial charge in [0.05, 0.1) is 5.75 Å². The Hall–Kier alpha value is -0.130. The fraction of sp³-hybridized carbons (Fsp3) is 1.00. The summed E-state index contributed by atoms with van der Waals surface area (Å²) in [4.78, 5) is 0. The van der Waals surface area contributed by atoms with E-state index in [0.29, 0.717) is 24.3 Å². The van der Waals surface area contributed by atoms with E-state index >= 15 is 0 Å². The fourth-order valence-electron chi connectivity index (χ4n) is 1.66. The normalized spacial score (nSPS) is 24.1. The molecule has 4 nitrogen and oxygen atoms in total. The second-order valence-electron chi connectivity index (χ2n) is 5.01. The van der Waals surface area contributed by atoms with Crippen molar-refractivity contribution in [3.8, 4) is 0 Å². The molecule has 1 fully saturated rings. The van der Waals surface area contributed by atoms with E-state index in [1.165, 1.54) is 0 Å². The van der Waals surface area contributed by atoms with Crippen molar-refractivity contribution in [1.29, 1.82) is 0 Å². The van der Waals surface area contributed by atoms with Crippen LogP contribution in [0.3, 0.4) is 0 Å². The molecule has 0 aromatic carbocycles. The predicted octanol–water partition coefficient (Wildman–Crippen LogP) is 0.561. The maximum atomic E-state index is 11.5. The van der Waals surface area contributed by atoms with Crippen molar-refractivity contribution in [3.05, 3.63) is 0 Å². The third-order valence-electron chi connectivity index (χ3n) is 3.11. The maximum absolute atomic E-state index is 11.5. The molecule has 0 aromatic heterocycles. The van der Waals surface area contributed by atoms with Crippen LogP contribution in [0.25, 0.3) is 0 Å². The first-order chi connectivity index (χ1) is 6.87. The van der Waals surface area contributed by atoms with Crippen molar-refractivity contribution in [3.63, 3.8) is 0 Å². The lowest BCUT2D eigenvalue weighted by atomic mass is 10.1. The second kappa shape index (κ2) is 4.80. The molecule has 0 heterocycles. The summed E-state index contributed by atoms with van der Waals surface area (Å²) in [6.45, 7) is 5.70. The monoisotopic (exact) mass is 234 g/mol. The third-order valence-corrected chi connectivity index (χ3v) is 4.54. The summed E-state index contributed by atoms with van der Waals surface area (Å²) in [7, 11) is -1.22. The Labute approximate surface area is 92.9 Å². The summed E-state index contributed by atoms with van der Waals surface area (Å²) < 4.78 is 25.7. The van der Waals surface area contributed by atoms with Gasteiger partial charge in [0.1, 0.15) is 0 Å². The van der Waals surface area contributed by atoms with Crippen LogP contribution < -0.4 is 10.0 Å². The van der Waals surface area contributed by atoms with Crippen LogP contribution in [0.4, 0.5) is 0 Å². The highest BCUT2D eigenvalue weighted by molar-refractivity contribution is 7.89. The summed E-state index contributed by atoms with van der Waals surface area (Å²) in [5.74, 6) is 0.748.